The maximum absolute atomic E-state index is 11.7. The number of halogens is 1. The minimum absolute atomic E-state index is 0.162. The summed E-state index contributed by atoms with van der Waals surface area (Å²) >= 11 is 6.24. The van der Waals surface area contributed by atoms with E-state index < -0.39 is 5.97 Å². The number of carbonyl (C=O) groups is 2. The summed E-state index contributed by atoms with van der Waals surface area (Å²) in [6, 6.07) is 4.88. The van der Waals surface area contributed by atoms with Crippen LogP contribution in [-0.2, 0) is 14.3 Å². The van der Waals surface area contributed by atoms with Crippen LogP contribution < -0.4 is 9.47 Å². The Morgan fingerprint density at radius 3 is 2.46 bits per heavy atom. The summed E-state index contributed by atoms with van der Waals surface area (Å²) in [5, 5.41) is 9.32. The van der Waals surface area contributed by atoms with Gasteiger partial charge in [-0.05, 0) is 37.6 Å². The zero-order chi connectivity index (χ0) is 19.7. The van der Waals surface area contributed by atoms with Gasteiger partial charge in [-0.2, -0.15) is 5.26 Å². The fourth-order valence-electron chi connectivity index (χ4n) is 1.85. The molecule has 0 aromatic heterocycles. The molecule has 0 N–H and O–H groups in total. The van der Waals surface area contributed by atoms with Gasteiger partial charge in [-0.3, -0.25) is 4.79 Å². The Balaban J connectivity index is 3.20. The molecule has 0 fully saturated rings. The molecule has 1 rings (SSSR count). The van der Waals surface area contributed by atoms with E-state index in [1.807, 2.05) is 0 Å². The monoisotopic (exact) mass is 380 g/mol. The molecule has 0 heterocycles. The van der Waals surface area contributed by atoms with E-state index in [-0.39, 0.29) is 35.5 Å². The number of nitriles is 1. The largest absolute Gasteiger partial charge is 0.490 e. The van der Waals surface area contributed by atoms with Crippen LogP contribution in [0.4, 0.5) is 0 Å². The van der Waals surface area contributed by atoms with E-state index in [0.717, 1.165) is 0 Å². The first-order valence-corrected chi connectivity index (χ1v) is 8.30. The van der Waals surface area contributed by atoms with Crippen molar-refractivity contribution < 1.29 is 23.8 Å². The average molecular weight is 381 g/mol. The Bertz CT molecular complexity index is 738. The zero-order valence-electron chi connectivity index (χ0n) is 15.2. The number of hydrogen-bond acceptors (Lipinski definition) is 6. The molecule has 0 aliphatic rings. The van der Waals surface area contributed by atoms with Crippen molar-refractivity contribution in [3.05, 3.63) is 28.3 Å². The Labute approximate surface area is 157 Å². The van der Waals surface area contributed by atoms with Crippen molar-refractivity contribution in [1.82, 2.24) is 4.90 Å². The molecule has 0 unspecified atom stereocenters. The molecule has 0 spiro atoms. The molecule has 8 heteroatoms. The lowest BCUT2D eigenvalue weighted by atomic mass is 10.1. The van der Waals surface area contributed by atoms with Crippen LogP contribution in [0.5, 0.6) is 11.5 Å². The van der Waals surface area contributed by atoms with Crippen molar-refractivity contribution >= 4 is 29.6 Å². The minimum atomic E-state index is -0.721. The van der Waals surface area contributed by atoms with Gasteiger partial charge in [-0.15, -0.1) is 0 Å². The highest BCUT2D eigenvalue weighted by Crippen LogP contribution is 2.37. The molecule has 0 aliphatic carbocycles. The maximum Gasteiger partial charge on any atom is 0.348 e. The SMILES string of the molecule is CCOC(=O)/C(C#N)=C\c1cc(Cl)c(OCC(=O)N(C)C)c(OCC)c1. The van der Waals surface area contributed by atoms with Crippen LogP contribution in [0.1, 0.15) is 19.4 Å². The number of benzene rings is 1. The summed E-state index contributed by atoms with van der Waals surface area (Å²) in [6.45, 7) is 3.73. The van der Waals surface area contributed by atoms with Crippen LogP contribution in [0.15, 0.2) is 17.7 Å². The van der Waals surface area contributed by atoms with Gasteiger partial charge in [0.25, 0.3) is 5.91 Å². The van der Waals surface area contributed by atoms with E-state index in [2.05, 4.69) is 0 Å². The van der Waals surface area contributed by atoms with Crippen molar-refractivity contribution in [3.63, 3.8) is 0 Å². The summed E-state index contributed by atoms with van der Waals surface area (Å²) < 4.78 is 15.8. The Morgan fingerprint density at radius 1 is 1.23 bits per heavy atom. The fourth-order valence-corrected chi connectivity index (χ4v) is 2.12. The van der Waals surface area contributed by atoms with Crippen LogP contribution in [-0.4, -0.2) is 50.7 Å². The van der Waals surface area contributed by atoms with Gasteiger partial charge in [-0.25, -0.2) is 4.79 Å². The first kappa shape index (κ1) is 21.3. The Hall–Kier alpha value is -2.72. The van der Waals surface area contributed by atoms with E-state index in [0.29, 0.717) is 17.9 Å². The first-order chi connectivity index (χ1) is 12.3. The van der Waals surface area contributed by atoms with E-state index >= 15 is 0 Å². The van der Waals surface area contributed by atoms with Gasteiger partial charge in [0.2, 0.25) is 0 Å². The van der Waals surface area contributed by atoms with Crippen molar-refractivity contribution in [1.29, 1.82) is 5.26 Å². The lowest BCUT2D eigenvalue weighted by Crippen LogP contribution is -2.27. The Morgan fingerprint density at radius 2 is 1.92 bits per heavy atom. The molecule has 0 aliphatic heterocycles. The second-order valence-electron chi connectivity index (χ2n) is 5.23. The summed E-state index contributed by atoms with van der Waals surface area (Å²) in [5.41, 5.74) is 0.302. The maximum atomic E-state index is 11.7. The molecule has 0 saturated heterocycles. The van der Waals surface area contributed by atoms with Gasteiger partial charge < -0.3 is 19.1 Å². The second kappa shape index (κ2) is 10.3. The summed E-state index contributed by atoms with van der Waals surface area (Å²) in [5.74, 6) is -0.433. The zero-order valence-corrected chi connectivity index (χ0v) is 15.9. The average Bonchev–Trinajstić information content (AvgIpc) is 2.58. The van der Waals surface area contributed by atoms with Crippen LogP contribution in [0, 0.1) is 11.3 Å². The highest BCUT2D eigenvalue weighted by atomic mass is 35.5. The van der Waals surface area contributed by atoms with Gasteiger partial charge in [0.15, 0.2) is 18.1 Å². The lowest BCUT2D eigenvalue weighted by molar-refractivity contribution is -0.138. The molecule has 1 aromatic carbocycles. The van der Waals surface area contributed by atoms with Crippen molar-refractivity contribution in [3.8, 4) is 17.6 Å². The molecule has 7 nitrogen and oxygen atoms in total. The number of rotatable bonds is 8. The molecule has 0 radical (unpaired) electrons. The van der Waals surface area contributed by atoms with Crippen LogP contribution in [0.3, 0.4) is 0 Å². The first-order valence-electron chi connectivity index (χ1n) is 7.92. The highest BCUT2D eigenvalue weighted by molar-refractivity contribution is 6.32. The van der Waals surface area contributed by atoms with Gasteiger partial charge in [0.1, 0.15) is 11.6 Å². The number of amides is 1. The number of carbonyl (C=O) groups excluding carboxylic acids is 2. The highest BCUT2D eigenvalue weighted by Gasteiger charge is 2.16. The van der Waals surface area contributed by atoms with Gasteiger partial charge >= 0.3 is 5.97 Å². The normalized spacial score (nSPS) is 10.7. The van der Waals surface area contributed by atoms with Crippen molar-refractivity contribution in [2.24, 2.45) is 0 Å². The van der Waals surface area contributed by atoms with Crippen LogP contribution in [0.2, 0.25) is 5.02 Å². The molecule has 140 valence electrons. The van der Waals surface area contributed by atoms with Gasteiger partial charge in [0.05, 0.1) is 18.2 Å². The van der Waals surface area contributed by atoms with E-state index in [1.165, 1.54) is 17.0 Å². The summed E-state index contributed by atoms with van der Waals surface area (Å²) in [4.78, 5) is 24.8. The standard InChI is InChI=1S/C18H21ClN2O5/c1-5-24-15-9-12(7-13(10-20)18(23)25-6-2)8-14(19)17(15)26-11-16(22)21(3)4/h7-9H,5-6,11H2,1-4H3/b13-7-. The quantitative estimate of drug-likeness (QED) is 0.391. The number of ether oxygens (including phenoxy) is 3. The Kier molecular flexibility index (Phi) is 8.46. The molecule has 1 amide bonds. The number of nitrogens with zero attached hydrogens (tertiary/aromatic N) is 2. The predicted molar refractivity (Wildman–Crippen MR) is 97.0 cm³/mol. The molecule has 0 atom stereocenters. The topological polar surface area (TPSA) is 88.9 Å². The molecule has 0 bridgehead atoms. The molecular weight excluding hydrogens is 360 g/mol. The summed E-state index contributed by atoms with van der Waals surface area (Å²) in [6.07, 6.45) is 1.35. The molecule has 26 heavy (non-hydrogen) atoms. The molecule has 1 aromatic rings. The molecular formula is C18H21ClN2O5. The van der Waals surface area contributed by atoms with E-state index in [4.69, 9.17) is 31.1 Å². The van der Waals surface area contributed by atoms with Gasteiger partial charge in [-0.1, -0.05) is 11.6 Å². The lowest BCUT2D eigenvalue weighted by Gasteiger charge is -2.16. The van der Waals surface area contributed by atoms with E-state index in [1.54, 1.807) is 40.1 Å². The van der Waals surface area contributed by atoms with Gasteiger partial charge in [0, 0.05) is 14.1 Å². The smallest absolute Gasteiger partial charge is 0.348 e. The third-order valence-corrected chi connectivity index (χ3v) is 3.38. The van der Waals surface area contributed by atoms with Crippen molar-refractivity contribution in [2.75, 3.05) is 33.9 Å². The third-order valence-electron chi connectivity index (χ3n) is 3.10. The minimum Gasteiger partial charge on any atom is -0.490 e. The molecule has 0 saturated carbocycles. The van der Waals surface area contributed by atoms with Crippen LogP contribution >= 0.6 is 11.6 Å². The van der Waals surface area contributed by atoms with Crippen LogP contribution in [0.25, 0.3) is 6.08 Å². The predicted octanol–water partition coefficient (Wildman–Crippen LogP) is 2.68. The third kappa shape index (κ3) is 5.97. The number of likely N-dealkylation sites (N-methyl/N-ethyl adjacent to an activating group) is 1. The summed E-state index contributed by atoms with van der Waals surface area (Å²) in [7, 11) is 3.23. The number of hydrogen-bond donors (Lipinski definition) is 0. The van der Waals surface area contributed by atoms with Crippen molar-refractivity contribution in [2.45, 2.75) is 13.8 Å². The second-order valence-corrected chi connectivity index (χ2v) is 5.64. The fraction of sp³-hybridized carbons (Fsp3) is 0.389. The number of esters is 1. The van der Waals surface area contributed by atoms with E-state index in [9.17, 15) is 9.59 Å².